The first-order valence-corrected chi connectivity index (χ1v) is 5.92. The van der Waals surface area contributed by atoms with Crippen LogP contribution in [0, 0.1) is 5.92 Å². The first-order valence-electron chi connectivity index (χ1n) is 5.92. The van der Waals surface area contributed by atoms with E-state index in [2.05, 4.69) is 4.90 Å². The Bertz CT molecular complexity index is 472. The lowest BCUT2D eigenvalue weighted by molar-refractivity contribution is -0.120. The minimum absolute atomic E-state index is 0.239. The number of fused-ring (bicyclic) bond motifs is 2. The first-order chi connectivity index (χ1) is 8.19. The molecule has 1 aromatic rings. The minimum Gasteiger partial charge on any atom is -0.495 e. The van der Waals surface area contributed by atoms with E-state index in [1.54, 1.807) is 7.11 Å². The highest BCUT2D eigenvalue weighted by Crippen LogP contribution is 2.39. The van der Waals surface area contributed by atoms with Crippen molar-refractivity contribution in [3.05, 3.63) is 18.2 Å². The topological polar surface area (TPSA) is 55.6 Å². The molecule has 3 rings (SSSR count). The Hall–Kier alpha value is -1.71. The molecule has 90 valence electrons. The van der Waals surface area contributed by atoms with E-state index < -0.39 is 0 Å². The van der Waals surface area contributed by atoms with E-state index in [0.29, 0.717) is 29.7 Å². The maximum absolute atomic E-state index is 11.5. The monoisotopic (exact) mass is 232 g/mol. The van der Waals surface area contributed by atoms with Gasteiger partial charge < -0.3 is 15.4 Å². The number of anilines is 2. The molecule has 0 spiro atoms. The number of Topliss-reactive ketones (excluding diaryl/α,β-unsaturated/α-hetero) is 1. The number of rotatable bonds is 2. The van der Waals surface area contributed by atoms with Gasteiger partial charge in [-0.15, -0.1) is 0 Å². The minimum atomic E-state index is 0.239. The lowest BCUT2D eigenvalue weighted by Gasteiger charge is -2.29. The average Bonchev–Trinajstić information content (AvgIpc) is 2.87. The van der Waals surface area contributed by atoms with Crippen LogP contribution >= 0.6 is 0 Å². The lowest BCUT2D eigenvalue weighted by atomic mass is 10.1. The summed E-state index contributed by atoms with van der Waals surface area (Å²) >= 11 is 0. The Morgan fingerprint density at radius 2 is 2.29 bits per heavy atom. The number of methoxy groups -OCH3 is 1. The van der Waals surface area contributed by atoms with Gasteiger partial charge in [0, 0.05) is 30.6 Å². The summed E-state index contributed by atoms with van der Waals surface area (Å²) in [5, 5.41) is 0. The van der Waals surface area contributed by atoms with Gasteiger partial charge in [-0.2, -0.15) is 0 Å². The molecule has 2 atom stereocenters. The summed E-state index contributed by atoms with van der Waals surface area (Å²) in [5.74, 6) is 1.37. The van der Waals surface area contributed by atoms with Gasteiger partial charge in [0.05, 0.1) is 12.8 Å². The van der Waals surface area contributed by atoms with Crippen molar-refractivity contribution in [3.8, 4) is 5.75 Å². The third-order valence-corrected chi connectivity index (χ3v) is 3.85. The zero-order valence-corrected chi connectivity index (χ0v) is 9.85. The van der Waals surface area contributed by atoms with Crippen molar-refractivity contribution < 1.29 is 9.53 Å². The number of carbonyl (C=O) groups is 1. The molecule has 2 fully saturated rings. The van der Waals surface area contributed by atoms with Crippen molar-refractivity contribution in [3.63, 3.8) is 0 Å². The number of hydrogen-bond donors (Lipinski definition) is 1. The summed E-state index contributed by atoms with van der Waals surface area (Å²) in [6.07, 6.45) is 1.70. The quantitative estimate of drug-likeness (QED) is 0.784. The van der Waals surface area contributed by atoms with Crippen LogP contribution in [0.3, 0.4) is 0 Å². The molecule has 1 heterocycles. The van der Waals surface area contributed by atoms with Crippen molar-refractivity contribution in [1.29, 1.82) is 0 Å². The van der Waals surface area contributed by atoms with Crippen molar-refractivity contribution in [1.82, 2.24) is 0 Å². The third kappa shape index (κ3) is 1.55. The molecule has 1 saturated carbocycles. The second-order valence-corrected chi connectivity index (χ2v) is 4.84. The average molecular weight is 232 g/mol. The van der Waals surface area contributed by atoms with E-state index in [4.69, 9.17) is 10.5 Å². The maximum Gasteiger partial charge on any atom is 0.141 e. The van der Waals surface area contributed by atoms with Crippen LogP contribution in [-0.4, -0.2) is 25.5 Å². The molecule has 2 bridgehead atoms. The Kier molecular flexibility index (Phi) is 2.24. The fraction of sp³-hybridized carbons (Fsp3) is 0.462. The molecule has 4 nitrogen and oxygen atoms in total. The fourth-order valence-corrected chi connectivity index (χ4v) is 2.96. The largest absolute Gasteiger partial charge is 0.495 e. The van der Waals surface area contributed by atoms with Gasteiger partial charge in [0.25, 0.3) is 0 Å². The number of nitrogens with two attached hydrogens (primary N) is 1. The normalized spacial score (nSPS) is 26.6. The SMILES string of the molecule is COc1ccc(N2C[C@@H]3C[C@H]2CC3=O)cc1N. The number of nitrogens with zero attached hydrogens (tertiary/aromatic N) is 1. The zero-order chi connectivity index (χ0) is 12.0. The number of ketones is 1. The Balaban J connectivity index is 1.87. The number of hydrogen-bond acceptors (Lipinski definition) is 4. The predicted octanol–water partition coefficient (Wildman–Crippen LogP) is 1.45. The van der Waals surface area contributed by atoms with Gasteiger partial charge in [-0.1, -0.05) is 0 Å². The van der Waals surface area contributed by atoms with Crippen molar-refractivity contribution in [2.45, 2.75) is 18.9 Å². The summed E-state index contributed by atoms with van der Waals surface area (Å²) in [6.45, 7) is 0.843. The van der Waals surface area contributed by atoms with Gasteiger partial charge in [0.15, 0.2) is 0 Å². The highest BCUT2D eigenvalue weighted by molar-refractivity contribution is 5.87. The number of ether oxygens (including phenoxy) is 1. The Morgan fingerprint density at radius 1 is 1.47 bits per heavy atom. The molecular formula is C13H16N2O2. The molecule has 17 heavy (non-hydrogen) atoms. The van der Waals surface area contributed by atoms with Crippen LogP contribution < -0.4 is 15.4 Å². The van der Waals surface area contributed by atoms with Crippen LogP contribution in [0.2, 0.25) is 0 Å². The van der Waals surface area contributed by atoms with Crippen molar-refractivity contribution in [2.75, 3.05) is 24.3 Å². The molecule has 1 saturated heterocycles. The number of benzene rings is 1. The molecule has 0 unspecified atom stereocenters. The van der Waals surface area contributed by atoms with E-state index in [-0.39, 0.29) is 5.92 Å². The van der Waals surface area contributed by atoms with E-state index in [9.17, 15) is 4.79 Å². The molecule has 2 N–H and O–H groups in total. The molecule has 1 aromatic carbocycles. The van der Waals surface area contributed by atoms with E-state index in [1.165, 1.54) is 0 Å². The molecule has 0 amide bonds. The molecule has 0 radical (unpaired) electrons. The van der Waals surface area contributed by atoms with Crippen molar-refractivity contribution in [2.24, 2.45) is 5.92 Å². The zero-order valence-electron chi connectivity index (χ0n) is 9.85. The maximum atomic E-state index is 11.5. The van der Waals surface area contributed by atoms with Gasteiger partial charge in [0.1, 0.15) is 11.5 Å². The number of carbonyl (C=O) groups excluding carboxylic acids is 1. The van der Waals surface area contributed by atoms with Crippen LogP contribution in [0.5, 0.6) is 5.75 Å². The van der Waals surface area contributed by atoms with E-state index >= 15 is 0 Å². The second kappa shape index (κ2) is 3.65. The predicted molar refractivity (Wildman–Crippen MR) is 66.3 cm³/mol. The summed E-state index contributed by atoms with van der Waals surface area (Å²) < 4.78 is 5.14. The molecule has 0 aromatic heterocycles. The molecule has 1 aliphatic carbocycles. The number of piperidine rings is 1. The smallest absolute Gasteiger partial charge is 0.141 e. The standard InChI is InChI=1S/C13H16N2O2/c1-17-13-3-2-9(5-11(13)14)15-7-8-4-10(15)6-12(8)16/h2-3,5,8,10H,4,6-7,14H2,1H3/t8-,10-/m0/s1. The van der Waals surface area contributed by atoms with Gasteiger partial charge in [-0.3, -0.25) is 4.79 Å². The molecule has 4 heteroatoms. The van der Waals surface area contributed by atoms with Gasteiger partial charge in [0.2, 0.25) is 0 Å². The fourth-order valence-electron chi connectivity index (χ4n) is 2.96. The van der Waals surface area contributed by atoms with Crippen LogP contribution in [0.25, 0.3) is 0 Å². The van der Waals surface area contributed by atoms with Gasteiger partial charge in [-0.05, 0) is 24.6 Å². The van der Waals surface area contributed by atoms with Gasteiger partial charge in [-0.25, -0.2) is 0 Å². The molecule has 1 aliphatic heterocycles. The van der Waals surface area contributed by atoms with Crippen LogP contribution in [0.4, 0.5) is 11.4 Å². The van der Waals surface area contributed by atoms with Crippen LogP contribution in [0.15, 0.2) is 18.2 Å². The van der Waals surface area contributed by atoms with Gasteiger partial charge >= 0.3 is 0 Å². The molecular weight excluding hydrogens is 216 g/mol. The summed E-state index contributed by atoms with van der Waals surface area (Å²) in [5.41, 5.74) is 7.66. The Labute approximate surface area is 100 Å². The summed E-state index contributed by atoms with van der Waals surface area (Å²) in [6, 6.07) is 6.21. The number of nitrogen functional groups attached to an aromatic ring is 1. The van der Waals surface area contributed by atoms with E-state index in [1.807, 2.05) is 18.2 Å². The third-order valence-electron chi connectivity index (χ3n) is 3.85. The summed E-state index contributed by atoms with van der Waals surface area (Å²) in [7, 11) is 1.61. The van der Waals surface area contributed by atoms with Crippen LogP contribution in [-0.2, 0) is 4.79 Å². The highest BCUT2D eigenvalue weighted by Gasteiger charge is 2.43. The first kappa shape index (κ1) is 10.4. The molecule has 2 aliphatic rings. The van der Waals surface area contributed by atoms with Crippen LogP contribution in [0.1, 0.15) is 12.8 Å². The highest BCUT2D eigenvalue weighted by atomic mass is 16.5. The van der Waals surface area contributed by atoms with E-state index in [0.717, 1.165) is 18.7 Å². The Morgan fingerprint density at radius 3 is 2.82 bits per heavy atom. The van der Waals surface area contributed by atoms with Crippen molar-refractivity contribution >= 4 is 17.2 Å². The second-order valence-electron chi connectivity index (χ2n) is 4.84. The summed E-state index contributed by atoms with van der Waals surface area (Å²) in [4.78, 5) is 13.8. The lowest BCUT2D eigenvalue weighted by Crippen LogP contribution is -2.35.